The number of nitrogens with one attached hydrogen (secondary N) is 1. The van der Waals surface area contributed by atoms with Crippen LogP contribution in [0.3, 0.4) is 0 Å². The standard InChI is InChI=1S/C16H21N5OS/c1-10-18-19-16(23-10)17-12-4-6-13(7-5-12)21-15(22)9-8-14(20-21)11-2-3-11/h8-9,11-13H,2-7H2,1H3,(H,17,19). The summed E-state index contributed by atoms with van der Waals surface area (Å²) in [7, 11) is 0. The lowest BCUT2D eigenvalue weighted by Gasteiger charge is -2.29. The number of hydrogen-bond donors (Lipinski definition) is 1. The van der Waals surface area contributed by atoms with Crippen molar-refractivity contribution in [2.45, 2.75) is 63.5 Å². The predicted molar refractivity (Wildman–Crippen MR) is 90.0 cm³/mol. The molecule has 0 saturated heterocycles. The first-order valence-corrected chi connectivity index (χ1v) is 9.17. The van der Waals surface area contributed by atoms with Crippen molar-refractivity contribution in [1.29, 1.82) is 0 Å². The number of aromatic nitrogens is 4. The molecule has 0 atom stereocenters. The maximum absolute atomic E-state index is 12.2. The lowest BCUT2D eigenvalue weighted by atomic mass is 9.91. The van der Waals surface area contributed by atoms with Crippen LogP contribution in [0.2, 0.25) is 0 Å². The van der Waals surface area contributed by atoms with Gasteiger partial charge in [0.05, 0.1) is 11.7 Å². The zero-order valence-corrected chi connectivity index (χ0v) is 14.1. The lowest BCUT2D eigenvalue weighted by molar-refractivity contribution is 0.301. The molecule has 7 heteroatoms. The average Bonchev–Trinajstić information content (AvgIpc) is 3.32. The Bertz CT molecular complexity index is 743. The summed E-state index contributed by atoms with van der Waals surface area (Å²) in [5.74, 6) is 0.584. The average molecular weight is 331 g/mol. The van der Waals surface area contributed by atoms with E-state index in [0.29, 0.717) is 12.0 Å². The van der Waals surface area contributed by atoms with Crippen molar-refractivity contribution in [3.8, 4) is 0 Å². The Morgan fingerprint density at radius 3 is 2.57 bits per heavy atom. The van der Waals surface area contributed by atoms with Gasteiger partial charge in [0.25, 0.3) is 5.56 Å². The van der Waals surface area contributed by atoms with E-state index in [0.717, 1.165) is 41.5 Å². The summed E-state index contributed by atoms with van der Waals surface area (Å²) in [5, 5.41) is 18.1. The van der Waals surface area contributed by atoms with E-state index in [4.69, 9.17) is 0 Å². The largest absolute Gasteiger partial charge is 0.357 e. The number of nitrogens with zero attached hydrogens (tertiary/aromatic N) is 4. The highest BCUT2D eigenvalue weighted by Gasteiger charge is 2.28. The summed E-state index contributed by atoms with van der Waals surface area (Å²) in [4.78, 5) is 12.2. The molecule has 0 aliphatic heterocycles. The first-order chi connectivity index (χ1) is 11.2. The van der Waals surface area contributed by atoms with Gasteiger partial charge in [-0.2, -0.15) is 5.10 Å². The molecule has 2 saturated carbocycles. The number of rotatable bonds is 4. The van der Waals surface area contributed by atoms with E-state index >= 15 is 0 Å². The van der Waals surface area contributed by atoms with E-state index < -0.39 is 0 Å². The summed E-state index contributed by atoms with van der Waals surface area (Å²) in [6.07, 6.45) is 6.45. The van der Waals surface area contributed by atoms with Gasteiger partial charge in [-0.05, 0) is 51.5 Å². The second kappa shape index (κ2) is 6.03. The van der Waals surface area contributed by atoms with Crippen LogP contribution < -0.4 is 10.9 Å². The molecule has 6 nitrogen and oxygen atoms in total. The number of anilines is 1. The second-order valence-corrected chi connectivity index (χ2v) is 7.77. The van der Waals surface area contributed by atoms with Crippen molar-refractivity contribution in [2.75, 3.05) is 5.32 Å². The van der Waals surface area contributed by atoms with Gasteiger partial charge in [-0.1, -0.05) is 11.3 Å². The van der Waals surface area contributed by atoms with Crippen LogP contribution >= 0.6 is 11.3 Å². The van der Waals surface area contributed by atoms with Gasteiger partial charge in [0.1, 0.15) is 5.01 Å². The zero-order valence-electron chi connectivity index (χ0n) is 13.2. The highest BCUT2D eigenvalue weighted by Crippen LogP contribution is 2.38. The van der Waals surface area contributed by atoms with E-state index in [1.165, 1.54) is 12.8 Å². The van der Waals surface area contributed by atoms with E-state index in [2.05, 4.69) is 20.6 Å². The van der Waals surface area contributed by atoms with Gasteiger partial charge >= 0.3 is 0 Å². The molecule has 23 heavy (non-hydrogen) atoms. The molecule has 2 aromatic heterocycles. The quantitative estimate of drug-likeness (QED) is 0.932. The second-order valence-electron chi connectivity index (χ2n) is 6.59. The Kier molecular flexibility index (Phi) is 3.88. The van der Waals surface area contributed by atoms with Crippen molar-refractivity contribution in [3.05, 3.63) is 33.2 Å². The number of hydrogen-bond acceptors (Lipinski definition) is 6. The molecule has 0 amide bonds. The van der Waals surface area contributed by atoms with Crippen molar-refractivity contribution in [1.82, 2.24) is 20.0 Å². The predicted octanol–water partition coefficient (Wildman–Crippen LogP) is 2.88. The Morgan fingerprint density at radius 1 is 1.13 bits per heavy atom. The van der Waals surface area contributed by atoms with Crippen LogP contribution in [0.1, 0.15) is 61.2 Å². The van der Waals surface area contributed by atoms with Gasteiger partial charge in [0.2, 0.25) is 5.13 Å². The molecule has 0 spiro atoms. The molecule has 2 heterocycles. The molecular weight excluding hydrogens is 310 g/mol. The van der Waals surface area contributed by atoms with Crippen LogP contribution in [0.15, 0.2) is 16.9 Å². The van der Waals surface area contributed by atoms with Gasteiger partial charge in [0.15, 0.2) is 0 Å². The van der Waals surface area contributed by atoms with E-state index in [-0.39, 0.29) is 11.6 Å². The Labute approximate surface area is 139 Å². The Hall–Kier alpha value is -1.76. The van der Waals surface area contributed by atoms with E-state index in [1.807, 2.05) is 13.0 Å². The van der Waals surface area contributed by atoms with Crippen molar-refractivity contribution in [3.63, 3.8) is 0 Å². The summed E-state index contributed by atoms with van der Waals surface area (Å²) in [6.45, 7) is 1.96. The van der Waals surface area contributed by atoms with Crippen molar-refractivity contribution < 1.29 is 0 Å². The van der Waals surface area contributed by atoms with Gasteiger partial charge < -0.3 is 5.32 Å². The third kappa shape index (κ3) is 3.29. The molecule has 0 radical (unpaired) electrons. The van der Waals surface area contributed by atoms with Crippen LogP contribution in [0, 0.1) is 6.92 Å². The zero-order chi connectivity index (χ0) is 15.8. The smallest absolute Gasteiger partial charge is 0.267 e. The maximum Gasteiger partial charge on any atom is 0.267 e. The Morgan fingerprint density at radius 2 is 1.91 bits per heavy atom. The normalized spacial score (nSPS) is 24.6. The third-order valence-corrected chi connectivity index (χ3v) is 5.51. The molecule has 1 N–H and O–H groups in total. The fourth-order valence-corrected chi connectivity index (χ4v) is 3.96. The molecule has 0 bridgehead atoms. The third-order valence-electron chi connectivity index (χ3n) is 4.74. The fourth-order valence-electron chi connectivity index (χ4n) is 3.29. The van der Waals surface area contributed by atoms with Crippen molar-refractivity contribution in [2.24, 2.45) is 0 Å². The minimum atomic E-state index is 0.0329. The first-order valence-electron chi connectivity index (χ1n) is 8.35. The van der Waals surface area contributed by atoms with E-state index in [9.17, 15) is 4.79 Å². The van der Waals surface area contributed by atoms with Gasteiger partial charge in [0, 0.05) is 18.0 Å². The molecule has 0 unspecified atom stereocenters. The monoisotopic (exact) mass is 331 g/mol. The summed E-state index contributed by atoms with van der Waals surface area (Å²) in [6, 6.07) is 4.24. The van der Waals surface area contributed by atoms with Crippen LogP contribution in [0.25, 0.3) is 0 Å². The minimum absolute atomic E-state index is 0.0329. The summed E-state index contributed by atoms with van der Waals surface area (Å²) in [5.41, 5.74) is 1.12. The summed E-state index contributed by atoms with van der Waals surface area (Å²) < 4.78 is 1.74. The van der Waals surface area contributed by atoms with Crippen LogP contribution in [-0.2, 0) is 0 Å². The van der Waals surface area contributed by atoms with Gasteiger partial charge in [-0.25, -0.2) is 4.68 Å². The lowest BCUT2D eigenvalue weighted by Crippen LogP contribution is -2.33. The SMILES string of the molecule is Cc1nnc(NC2CCC(n3nc(C4CC4)ccc3=O)CC2)s1. The fraction of sp³-hybridized carbons (Fsp3) is 0.625. The molecule has 4 rings (SSSR count). The maximum atomic E-state index is 12.2. The molecule has 2 aromatic rings. The Balaban J connectivity index is 1.41. The number of aryl methyl sites for hydroxylation is 1. The molecular formula is C16H21N5OS. The molecule has 2 aliphatic carbocycles. The van der Waals surface area contributed by atoms with Gasteiger partial charge in [-0.15, -0.1) is 10.2 Å². The molecule has 0 aromatic carbocycles. The minimum Gasteiger partial charge on any atom is -0.357 e. The van der Waals surface area contributed by atoms with Crippen molar-refractivity contribution >= 4 is 16.5 Å². The molecule has 122 valence electrons. The topological polar surface area (TPSA) is 72.7 Å². The molecule has 2 aliphatic rings. The van der Waals surface area contributed by atoms with Crippen LogP contribution in [0.5, 0.6) is 0 Å². The summed E-state index contributed by atoms with van der Waals surface area (Å²) >= 11 is 1.59. The van der Waals surface area contributed by atoms with Crippen LogP contribution in [-0.4, -0.2) is 26.0 Å². The highest BCUT2D eigenvalue weighted by molar-refractivity contribution is 7.15. The molecule has 2 fully saturated rings. The highest BCUT2D eigenvalue weighted by atomic mass is 32.1. The van der Waals surface area contributed by atoms with Crippen LogP contribution in [0.4, 0.5) is 5.13 Å². The van der Waals surface area contributed by atoms with E-state index in [1.54, 1.807) is 22.1 Å². The first kappa shape index (κ1) is 14.8. The van der Waals surface area contributed by atoms with Gasteiger partial charge in [-0.3, -0.25) is 4.79 Å².